The molecule has 1 heterocycles. The van der Waals surface area contributed by atoms with Crippen LogP contribution in [0.15, 0.2) is 24.3 Å². The van der Waals surface area contributed by atoms with Crippen LogP contribution in [-0.2, 0) is 25.6 Å². The van der Waals surface area contributed by atoms with E-state index in [1.54, 1.807) is 12.1 Å². The molecule has 1 aromatic carbocycles. The van der Waals surface area contributed by atoms with Crippen molar-refractivity contribution in [1.82, 2.24) is 21.3 Å². The van der Waals surface area contributed by atoms with Crippen LogP contribution in [0.1, 0.15) is 37.7 Å². The number of aromatic hydroxyl groups is 1. The van der Waals surface area contributed by atoms with Gasteiger partial charge in [-0.15, -0.1) is 0 Å². The predicted molar refractivity (Wildman–Crippen MR) is 126 cm³/mol. The van der Waals surface area contributed by atoms with Gasteiger partial charge in [0.05, 0.1) is 12.6 Å². The van der Waals surface area contributed by atoms with E-state index < -0.39 is 48.6 Å². The van der Waals surface area contributed by atoms with Crippen molar-refractivity contribution in [2.24, 2.45) is 5.73 Å². The van der Waals surface area contributed by atoms with E-state index >= 15 is 0 Å². The molecule has 1 aliphatic heterocycles. The normalized spacial score (nSPS) is 17.7. The summed E-state index contributed by atoms with van der Waals surface area (Å²) in [6.07, 6.45) is 3.04. The minimum Gasteiger partial charge on any atom is -0.508 e. The van der Waals surface area contributed by atoms with Crippen molar-refractivity contribution in [3.05, 3.63) is 29.8 Å². The first-order chi connectivity index (χ1) is 16.7. The standard InChI is InChI=1S/C23H35N5O7/c24-10-2-1-4-17(26-20(31)16-5-3-11-25-16)21(32)27-18(12-14-6-8-15(30)9-7-14)22(33)28-19(13-29)23(34)35/h6-9,16-19,25,29-30H,1-5,10-13,24H2,(H,26,31)(H,27,32)(H,28,33)(H,34,35). The van der Waals surface area contributed by atoms with Crippen LogP contribution in [0.25, 0.3) is 0 Å². The van der Waals surface area contributed by atoms with Crippen LogP contribution in [0, 0.1) is 0 Å². The van der Waals surface area contributed by atoms with Crippen molar-refractivity contribution in [2.45, 2.75) is 62.7 Å². The molecule has 12 nitrogen and oxygen atoms in total. The molecule has 1 aromatic rings. The van der Waals surface area contributed by atoms with Gasteiger partial charge in [-0.2, -0.15) is 0 Å². The highest BCUT2D eigenvalue weighted by Crippen LogP contribution is 2.13. The van der Waals surface area contributed by atoms with E-state index in [1.165, 1.54) is 12.1 Å². The van der Waals surface area contributed by atoms with Gasteiger partial charge in [-0.3, -0.25) is 14.4 Å². The number of aliphatic hydroxyl groups excluding tert-OH is 1. The van der Waals surface area contributed by atoms with Crippen molar-refractivity contribution < 1.29 is 34.5 Å². The van der Waals surface area contributed by atoms with Gasteiger partial charge >= 0.3 is 5.97 Å². The lowest BCUT2D eigenvalue weighted by Crippen LogP contribution is -2.58. The second-order valence-corrected chi connectivity index (χ2v) is 8.51. The summed E-state index contributed by atoms with van der Waals surface area (Å²) in [5, 5.41) is 38.6. The number of amides is 3. The molecule has 1 saturated heterocycles. The average molecular weight is 494 g/mol. The number of hydrogen-bond donors (Lipinski definition) is 8. The Kier molecular flexibility index (Phi) is 11.4. The Morgan fingerprint density at radius 2 is 1.66 bits per heavy atom. The molecule has 1 fully saturated rings. The molecule has 4 unspecified atom stereocenters. The molecule has 194 valence electrons. The first-order valence-corrected chi connectivity index (χ1v) is 11.7. The van der Waals surface area contributed by atoms with E-state index in [9.17, 15) is 29.4 Å². The molecule has 0 bridgehead atoms. The van der Waals surface area contributed by atoms with E-state index in [-0.39, 0.29) is 18.1 Å². The Labute approximate surface area is 203 Å². The lowest BCUT2D eigenvalue weighted by molar-refractivity contribution is -0.143. The Bertz CT molecular complexity index is 858. The lowest BCUT2D eigenvalue weighted by atomic mass is 10.0. The van der Waals surface area contributed by atoms with Crippen molar-refractivity contribution in [1.29, 1.82) is 0 Å². The summed E-state index contributed by atoms with van der Waals surface area (Å²) >= 11 is 0. The van der Waals surface area contributed by atoms with Crippen LogP contribution in [0.3, 0.4) is 0 Å². The van der Waals surface area contributed by atoms with Crippen molar-refractivity contribution >= 4 is 23.7 Å². The number of benzene rings is 1. The number of carbonyl (C=O) groups excluding carboxylic acids is 3. The van der Waals surface area contributed by atoms with Gasteiger partial charge < -0.3 is 42.3 Å². The number of hydrogen-bond acceptors (Lipinski definition) is 8. The van der Waals surface area contributed by atoms with Crippen molar-refractivity contribution in [2.75, 3.05) is 19.7 Å². The van der Waals surface area contributed by atoms with Crippen LogP contribution in [0.2, 0.25) is 0 Å². The topological polar surface area (TPSA) is 203 Å². The van der Waals surface area contributed by atoms with Crippen LogP contribution in [0.4, 0.5) is 0 Å². The van der Waals surface area contributed by atoms with Crippen LogP contribution >= 0.6 is 0 Å². The monoisotopic (exact) mass is 493 g/mol. The van der Waals surface area contributed by atoms with Gasteiger partial charge in [0.2, 0.25) is 17.7 Å². The highest BCUT2D eigenvalue weighted by atomic mass is 16.4. The zero-order valence-electron chi connectivity index (χ0n) is 19.5. The van der Waals surface area contributed by atoms with Gasteiger partial charge in [-0.05, 0) is 62.9 Å². The van der Waals surface area contributed by atoms with E-state index in [2.05, 4.69) is 21.3 Å². The number of phenolic OH excluding ortho intramolecular Hbond substituents is 1. The summed E-state index contributed by atoms with van der Waals surface area (Å²) in [7, 11) is 0. The highest BCUT2D eigenvalue weighted by Gasteiger charge is 2.31. The zero-order valence-corrected chi connectivity index (χ0v) is 19.5. The van der Waals surface area contributed by atoms with Crippen LogP contribution in [0.5, 0.6) is 5.75 Å². The molecule has 0 spiro atoms. The minimum absolute atomic E-state index is 0.0106. The second-order valence-electron chi connectivity index (χ2n) is 8.51. The summed E-state index contributed by atoms with van der Waals surface area (Å²) in [6, 6.07) is 1.92. The molecule has 1 aliphatic rings. The third kappa shape index (κ3) is 9.15. The molecule has 0 radical (unpaired) electrons. The minimum atomic E-state index is -1.55. The fourth-order valence-electron chi connectivity index (χ4n) is 3.75. The van der Waals surface area contributed by atoms with Gasteiger partial charge in [0.25, 0.3) is 0 Å². The Morgan fingerprint density at radius 1 is 1.00 bits per heavy atom. The molecule has 4 atom stereocenters. The largest absolute Gasteiger partial charge is 0.508 e. The van der Waals surface area contributed by atoms with Gasteiger partial charge in [-0.25, -0.2) is 4.79 Å². The zero-order chi connectivity index (χ0) is 25.8. The third-order valence-corrected chi connectivity index (χ3v) is 5.76. The summed E-state index contributed by atoms with van der Waals surface area (Å²) in [6.45, 7) is 0.315. The number of aliphatic carboxylic acids is 1. The average Bonchev–Trinajstić information content (AvgIpc) is 3.37. The number of rotatable bonds is 14. The second kappa shape index (κ2) is 14.2. The molecule has 35 heavy (non-hydrogen) atoms. The van der Waals surface area contributed by atoms with Gasteiger partial charge in [0, 0.05) is 6.42 Å². The van der Waals surface area contributed by atoms with E-state index in [0.29, 0.717) is 44.3 Å². The summed E-state index contributed by atoms with van der Waals surface area (Å²) in [5.74, 6) is -3.11. The van der Waals surface area contributed by atoms with E-state index in [4.69, 9.17) is 10.8 Å². The highest BCUT2D eigenvalue weighted by molar-refractivity contribution is 5.94. The first kappa shape index (κ1) is 28.0. The number of aliphatic hydroxyl groups is 1. The summed E-state index contributed by atoms with van der Waals surface area (Å²) < 4.78 is 0. The van der Waals surface area contributed by atoms with Gasteiger partial charge in [0.15, 0.2) is 0 Å². The molecule has 0 aromatic heterocycles. The SMILES string of the molecule is NCCCCC(NC(=O)C1CCCN1)C(=O)NC(Cc1ccc(O)cc1)C(=O)NC(CO)C(=O)O. The Balaban J connectivity index is 2.18. The molecule has 2 rings (SSSR count). The Morgan fingerprint density at radius 3 is 2.23 bits per heavy atom. The van der Waals surface area contributed by atoms with Crippen LogP contribution < -0.4 is 27.0 Å². The fourth-order valence-corrected chi connectivity index (χ4v) is 3.75. The summed E-state index contributed by atoms with van der Waals surface area (Å²) in [4.78, 5) is 49.9. The predicted octanol–water partition coefficient (Wildman–Crippen LogP) is -1.65. The first-order valence-electron chi connectivity index (χ1n) is 11.7. The molecule has 9 N–H and O–H groups in total. The van der Waals surface area contributed by atoms with Gasteiger partial charge in [0.1, 0.15) is 23.9 Å². The number of unbranched alkanes of at least 4 members (excludes halogenated alkanes) is 1. The number of carboxylic acids is 1. The van der Waals surface area contributed by atoms with E-state index in [1.807, 2.05) is 0 Å². The quantitative estimate of drug-likeness (QED) is 0.140. The molecule has 0 aliphatic carbocycles. The maximum Gasteiger partial charge on any atom is 0.328 e. The maximum absolute atomic E-state index is 13.2. The van der Waals surface area contributed by atoms with Crippen molar-refractivity contribution in [3.8, 4) is 5.75 Å². The fraction of sp³-hybridized carbons (Fsp3) is 0.565. The molecule has 3 amide bonds. The summed E-state index contributed by atoms with van der Waals surface area (Å²) in [5.41, 5.74) is 6.15. The third-order valence-electron chi connectivity index (χ3n) is 5.76. The number of carbonyl (C=O) groups is 4. The van der Waals surface area contributed by atoms with E-state index in [0.717, 1.165) is 6.42 Å². The molecule has 0 saturated carbocycles. The number of phenols is 1. The lowest BCUT2D eigenvalue weighted by Gasteiger charge is -2.25. The van der Waals surface area contributed by atoms with Gasteiger partial charge in [-0.1, -0.05) is 12.1 Å². The van der Waals surface area contributed by atoms with Crippen LogP contribution in [-0.4, -0.2) is 82.9 Å². The molecular formula is C23H35N5O7. The van der Waals surface area contributed by atoms with Crippen molar-refractivity contribution in [3.63, 3.8) is 0 Å². The Hall–Kier alpha value is -3.22. The molecular weight excluding hydrogens is 458 g/mol. The number of nitrogens with one attached hydrogen (secondary N) is 4. The smallest absolute Gasteiger partial charge is 0.328 e. The number of nitrogens with two attached hydrogens (primary N) is 1. The molecule has 12 heteroatoms. The number of carboxylic acid groups (broad SMARTS) is 1. The maximum atomic E-state index is 13.2.